The van der Waals surface area contributed by atoms with Crippen LogP contribution in [0, 0.1) is 30.6 Å². The Morgan fingerprint density at radius 3 is 2.31 bits per heavy atom. The Morgan fingerprint density at radius 1 is 0.954 bits per heavy atom. The van der Waals surface area contributed by atoms with Gasteiger partial charge in [-0.25, -0.2) is 4.98 Å². The number of aryl methyl sites for hydroxylation is 2. The fraction of sp³-hybridized carbons (Fsp3) is 0.500. The number of benzene rings is 3. The highest BCUT2D eigenvalue weighted by molar-refractivity contribution is 7.13. The third-order valence-electron chi connectivity index (χ3n) is 12.7. The van der Waals surface area contributed by atoms with Crippen LogP contribution in [0.2, 0.25) is 5.02 Å². The van der Waals surface area contributed by atoms with Gasteiger partial charge in [0, 0.05) is 65.8 Å². The molecule has 5 N–H and O–H groups in total. The molecule has 3 atom stereocenters. The maximum atomic E-state index is 13.8. The van der Waals surface area contributed by atoms with Gasteiger partial charge in [0.25, 0.3) is 5.91 Å². The molecule has 4 aromatic rings. The molecule has 4 amide bonds. The maximum absolute atomic E-state index is 13.8. The first-order valence-electron chi connectivity index (χ1n) is 22.6. The lowest BCUT2D eigenvalue weighted by molar-refractivity contribution is -0.164. The van der Waals surface area contributed by atoms with Gasteiger partial charge in [0.15, 0.2) is 0 Å². The molecule has 65 heavy (non-hydrogen) atoms. The molecule has 1 aliphatic heterocycles. The van der Waals surface area contributed by atoms with Gasteiger partial charge in [-0.2, -0.15) is 0 Å². The number of nitrogens with one attached hydrogen (secondary N) is 4. The van der Waals surface area contributed by atoms with Gasteiger partial charge in [-0.3, -0.25) is 19.2 Å². The number of amides is 4. The summed E-state index contributed by atoms with van der Waals surface area (Å²) in [5.41, 5.74) is 6.62. The minimum Gasteiger partial charge on any atom is -0.489 e. The van der Waals surface area contributed by atoms with Crippen molar-refractivity contribution in [2.45, 2.75) is 118 Å². The number of likely N-dealkylation sites (tertiary alicyclic amines) is 1. The summed E-state index contributed by atoms with van der Waals surface area (Å²) in [7, 11) is 0. The number of aliphatic hydroxyl groups excluding tert-OH is 1. The Labute approximate surface area is 392 Å². The van der Waals surface area contributed by atoms with Gasteiger partial charge in [-0.1, -0.05) is 83.5 Å². The standard InChI is InChI=1S/C50H65ClN6O7S/c1-30(2)42(46(62)57-27-37(58)24-40(57)45(61)53-26-33-13-15-34(16-14-33)43-32(4)54-29-65-43)55-41(59)28-63-23-11-9-10-22-52-36-19-17-35(18-20-36)44(60)56-47-49(5,6)48(50(47,7)8)64-38-21-12-31(3)39(51)25-38/h12-21,25,29-30,37,40,42,47-48,52,58H,9-11,22-24,26-28H2,1-8H3,(H,53,61)(H,55,59)(H,56,60)/t37-,40+,42+,47-,48-/m1/s1. The van der Waals surface area contributed by atoms with Crippen LogP contribution in [0.5, 0.6) is 5.75 Å². The van der Waals surface area contributed by atoms with Crippen molar-refractivity contribution in [3.05, 3.63) is 99.6 Å². The fourth-order valence-electron chi connectivity index (χ4n) is 9.31. The number of aliphatic hydroxyl groups is 1. The molecular formula is C50H65ClN6O7S. The number of anilines is 1. The van der Waals surface area contributed by atoms with E-state index in [0.717, 1.165) is 64.5 Å². The predicted molar refractivity (Wildman–Crippen MR) is 256 cm³/mol. The lowest BCUT2D eigenvalue weighted by Gasteiger charge is -2.63. The van der Waals surface area contributed by atoms with Gasteiger partial charge < -0.3 is 40.7 Å². The number of carbonyl (C=O) groups is 4. The highest BCUT2D eigenvalue weighted by atomic mass is 35.5. The van der Waals surface area contributed by atoms with Gasteiger partial charge >= 0.3 is 0 Å². The van der Waals surface area contributed by atoms with Crippen molar-refractivity contribution >= 4 is 52.3 Å². The number of hydrogen-bond donors (Lipinski definition) is 5. The minimum absolute atomic E-state index is 0.00824. The Morgan fingerprint density at radius 2 is 1.66 bits per heavy atom. The Kier molecular flexibility index (Phi) is 16.4. The highest BCUT2D eigenvalue weighted by Gasteiger charge is 2.64. The minimum atomic E-state index is -0.885. The SMILES string of the molecule is Cc1ccc(O[C@H]2C(C)(C)[C@H](NC(=O)c3ccc(NCCCCCOCC(=O)N[C@H](C(=O)N4C[C@H](O)C[C@H]4C(=O)NCc4ccc(-c5scnc5C)cc4)C(C)C)cc3)C2(C)C)cc1Cl. The monoisotopic (exact) mass is 928 g/mol. The van der Waals surface area contributed by atoms with Crippen molar-refractivity contribution in [3.63, 3.8) is 0 Å². The molecule has 0 radical (unpaired) electrons. The number of aromatic nitrogens is 1. The van der Waals surface area contributed by atoms with Crippen molar-refractivity contribution in [2.75, 3.05) is 31.6 Å². The summed E-state index contributed by atoms with van der Waals surface area (Å²) >= 11 is 7.92. The third kappa shape index (κ3) is 12.1. The van der Waals surface area contributed by atoms with E-state index in [9.17, 15) is 24.3 Å². The lowest BCUT2D eigenvalue weighted by atomic mass is 9.49. The van der Waals surface area contributed by atoms with E-state index in [2.05, 4.69) is 53.9 Å². The van der Waals surface area contributed by atoms with Crippen LogP contribution in [-0.4, -0.2) is 95.3 Å². The lowest BCUT2D eigenvalue weighted by Crippen LogP contribution is -2.74. The van der Waals surface area contributed by atoms with E-state index in [4.69, 9.17) is 21.1 Å². The summed E-state index contributed by atoms with van der Waals surface area (Å²) in [6, 6.07) is 19.2. The number of rotatable bonds is 20. The van der Waals surface area contributed by atoms with Crippen LogP contribution in [0.1, 0.15) is 94.4 Å². The summed E-state index contributed by atoms with van der Waals surface area (Å²) in [4.78, 5) is 60.2. The number of unbranched alkanes of at least 4 members (excludes halogenated alkanes) is 2. The van der Waals surface area contributed by atoms with Crippen molar-refractivity contribution in [1.82, 2.24) is 25.8 Å². The largest absolute Gasteiger partial charge is 0.489 e. The summed E-state index contributed by atoms with van der Waals surface area (Å²) in [6.45, 7) is 17.2. The molecule has 0 spiro atoms. The average molecular weight is 930 g/mol. The first-order valence-corrected chi connectivity index (χ1v) is 23.8. The van der Waals surface area contributed by atoms with Gasteiger partial charge in [0.2, 0.25) is 17.7 Å². The average Bonchev–Trinajstić information content (AvgIpc) is 3.89. The molecule has 2 fully saturated rings. The summed E-state index contributed by atoms with van der Waals surface area (Å²) in [5, 5.41) is 23.6. The van der Waals surface area contributed by atoms with Crippen LogP contribution in [0.15, 0.2) is 72.2 Å². The molecule has 1 saturated carbocycles. The van der Waals surface area contributed by atoms with E-state index in [-0.39, 0.29) is 66.8 Å². The van der Waals surface area contributed by atoms with Crippen molar-refractivity contribution < 1.29 is 33.8 Å². The molecule has 0 unspecified atom stereocenters. The van der Waals surface area contributed by atoms with Crippen molar-refractivity contribution in [2.24, 2.45) is 16.7 Å². The Bertz CT molecular complexity index is 2270. The van der Waals surface area contributed by atoms with E-state index in [0.29, 0.717) is 17.2 Å². The zero-order valence-electron chi connectivity index (χ0n) is 38.8. The van der Waals surface area contributed by atoms with E-state index in [1.54, 1.807) is 11.3 Å². The molecule has 6 rings (SSSR count). The van der Waals surface area contributed by atoms with Gasteiger partial charge in [0.1, 0.15) is 30.5 Å². The number of ether oxygens (including phenoxy) is 2. The fourth-order valence-corrected chi connectivity index (χ4v) is 10.3. The van der Waals surface area contributed by atoms with E-state index >= 15 is 0 Å². The number of carbonyl (C=O) groups excluding carboxylic acids is 4. The summed E-state index contributed by atoms with van der Waals surface area (Å²) in [5.74, 6) is -0.857. The first-order chi connectivity index (χ1) is 30.9. The van der Waals surface area contributed by atoms with Gasteiger partial charge in [0.05, 0.1) is 22.2 Å². The van der Waals surface area contributed by atoms with Gasteiger partial charge in [-0.15, -0.1) is 11.3 Å². The molecule has 350 valence electrons. The van der Waals surface area contributed by atoms with Crippen LogP contribution in [0.3, 0.4) is 0 Å². The molecule has 0 bridgehead atoms. The van der Waals surface area contributed by atoms with Crippen LogP contribution in [-0.2, 0) is 25.7 Å². The van der Waals surface area contributed by atoms with Crippen LogP contribution in [0.25, 0.3) is 10.4 Å². The predicted octanol–water partition coefficient (Wildman–Crippen LogP) is 7.71. The summed E-state index contributed by atoms with van der Waals surface area (Å²) < 4.78 is 12.1. The second-order valence-electron chi connectivity index (χ2n) is 18.9. The number of thiazole rings is 1. The molecule has 1 aliphatic carbocycles. The first kappa shape index (κ1) is 49.4. The maximum Gasteiger partial charge on any atom is 0.251 e. The molecule has 13 nitrogen and oxygen atoms in total. The highest BCUT2D eigenvalue weighted by Crippen LogP contribution is 2.55. The normalized spacial score (nSPS) is 20.1. The Balaban J connectivity index is 0.863. The Hall–Kier alpha value is -5.02. The van der Waals surface area contributed by atoms with Crippen LogP contribution < -0.4 is 26.0 Å². The molecule has 1 saturated heterocycles. The molecule has 2 heterocycles. The zero-order valence-corrected chi connectivity index (χ0v) is 40.4. The van der Waals surface area contributed by atoms with Gasteiger partial charge in [-0.05, 0) is 92.1 Å². The second kappa shape index (κ2) is 21.5. The summed E-state index contributed by atoms with van der Waals surface area (Å²) in [6.07, 6.45) is 1.64. The molecular weight excluding hydrogens is 864 g/mol. The number of hydrogen-bond acceptors (Lipinski definition) is 10. The number of β-amino-alcohol motifs (C(OH)–C–C–N with tert-alkyl or cyclic N) is 1. The number of nitrogens with zero attached hydrogens (tertiary/aromatic N) is 2. The molecule has 15 heteroatoms. The van der Waals surface area contributed by atoms with Crippen LogP contribution in [0.4, 0.5) is 5.69 Å². The second-order valence-corrected chi connectivity index (χ2v) is 20.2. The third-order valence-corrected chi connectivity index (χ3v) is 14.1. The van der Waals surface area contributed by atoms with E-state index in [1.807, 2.05) is 99.9 Å². The van der Waals surface area contributed by atoms with Crippen molar-refractivity contribution in [3.8, 4) is 16.2 Å². The van der Waals surface area contributed by atoms with Crippen molar-refractivity contribution in [1.29, 1.82) is 0 Å². The molecule has 2 aliphatic rings. The van der Waals surface area contributed by atoms with E-state index < -0.39 is 30.0 Å². The molecule has 1 aromatic heterocycles. The number of halogens is 1. The smallest absolute Gasteiger partial charge is 0.251 e. The topological polar surface area (TPSA) is 171 Å². The quantitative estimate of drug-likeness (QED) is 0.0557. The zero-order chi connectivity index (χ0) is 47.1. The van der Waals surface area contributed by atoms with E-state index in [1.165, 1.54) is 4.90 Å². The molecule has 3 aromatic carbocycles. The van der Waals surface area contributed by atoms with Crippen LogP contribution >= 0.6 is 22.9 Å².